The Kier molecular flexibility index (Phi) is 10.9. The third-order valence-electron chi connectivity index (χ3n) is 6.21. The Labute approximate surface area is 198 Å². The van der Waals surface area contributed by atoms with Crippen LogP contribution < -0.4 is 10.6 Å². The van der Waals surface area contributed by atoms with E-state index in [1.807, 2.05) is 13.0 Å². The maximum atomic E-state index is 5.98. The molecular formula is C22H39IN4O3. The molecule has 0 spiro atoms. The first-order chi connectivity index (χ1) is 14.2. The zero-order chi connectivity index (χ0) is 20.5. The summed E-state index contributed by atoms with van der Waals surface area (Å²) in [5, 5.41) is 6.98. The van der Waals surface area contributed by atoms with Gasteiger partial charge in [-0.05, 0) is 50.7 Å². The molecule has 0 radical (unpaired) electrons. The van der Waals surface area contributed by atoms with Gasteiger partial charge < -0.3 is 24.5 Å². The lowest BCUT2D eigenvalue weighted by Crippen LogP contribution is -2.46. The number of guanidine groups is 1. The Hall–Kier alpha value is -0.840. The van der Waals surface area contributed by atoms with Crippen molar-refractivity contribution in [2.75, 3.05) is 59.7 Å². The Morgan fingerprint density at radius 3 is 2.60 bits per heavy atom. The van der Waals surface area contributed by atoms with E-state index in [1.54, 1.807) is 7.11 Å². The van der Waals surface area contributed by atoms with Gasteiger partial charge in [0.2, 0.25) is 0 Å². The molecule has 0 bridgehead atoms. The maximum Gasteiger partial charge on any atom is 0.191 e. The van der Waals surface area contributed by atoms with Crippen LogP contribution in [0.3, 0.4) is 0 Å². The lowest BCUT2D eigenvalue weighted by molar-refractivity contribution is 0.0124. The van der Waals surface area contributed by atoms with Crippen molar-refractivity contribution < 1.29 is 13.9 Å². The van der Waals surface area contributed by atoms with Crippen LogP contribution >= 0.6 is 24.0 Å². The normalized spacial score (nSPS) is 20.2. The van der Waals surface area contributed by atoms with Gasteiger partial charge in [-0.25, -0.2) is 0 Å². The van der Waals surface area contributed by atoms with Gasteiger partial charge in [0.15, 0.2) is 5.96 Å². The molecule has 0 amide bonds. The molecule has 1 unspecified atom stereocenters. The third kappa shape index (κ3) is 7.10. The molecule has 3 rings (SSSR count). The first-order valence-corrected chi connectivity index (χ1v) is 11.0. The standard InChI is InChI=1S/C22H38N4O3.HI/c1-4-23-21(25-17-22(8-5-9-22)10-13-27-3)24-16-19(20-7-6-18(2)29-20)26-11-14-28-15-12-26;/h6-7,19H,4-5,8-17H2,1-3H3,(H2,23,24,25);1H. The van der Waals surface area contributed by atoms with Gasteiger partial charge in [-0.1, -0.05) is 6.42 Å². The molecule has 8 heteroatoms. The fourth-order valence-corrected chi connectivity index (χ4v) is 4.20. The quantitative estimate of drug-likeness (QED) is 0.273. The van der Waals surface area contributed by atoms with Gasteiger partial charge in [-0.3, -0.25) is 9.89 Å². The summed E-state index contributed by atoms with van der Waals surface area (Å²) in [5.41, 5.74) is 0.320. The maximum absolute atomic E-state index is 5.98. The molecule has 2 aliphatic rings. The Morgan fingerprint density at radius 2 is 2.03 bits per heavy atom. The number of nitrogens with one attached hydrogen (secondary N) is 2. The van der Waals surface area contributed by atoms with E-state index in [1.165, 1.54) is 19.3 Å². The molecule has 1 aromatic rings. The summed E-state index contributed by atoms with van der Waals surface area (Å²) in [6, 6.07) is 4.30. The number of hydrogen-bond acceptors (Lipinski definition) is 5. The monoisotopic (exact) mass is 534 g/mol. The van der Waals surface area contributed by atoms with Crippen LogP contribution in [0, 0.1) is 12.3 Å². The van der Waals surface area contributed by atoms with E-state index in [0.29, 0.717) is 5.41 Å². The average Bonchev–Trinajstić information content (AvgIpc) is 3.13. The van der Waals surface area contributed by atoms with Crippen LogP contribution in [0.15, 0.2) is 21.5 Å². The van der Waals surface area contributed by atoms with Crippen LogP contribution in [-0.4, -0.2) is 70.5 Å². The van der Waals surface area contributed by atoms with Gasteiger partial charge in [0, 0.05) is 46.4 Å². The smallest absolute Gasteiger partial charge is 0.191 e. The largest absolute Gasteiger partial charge is 0.465 e. The lowest BCUT2D eigenvalue weighted by Gasteiger charge is -2.41. The SMILES string of the molecule is CCNC(=NCC1(CCOC)CCC1)NCC(c1ccc(C)o1)N1CCOCC1.I. The minimum atomic E-state index is 0. The second kappa shape index (κ2) is 12.9. The molecule has 2 fully saturated rings. The molecule has 2 heterocycles. The number of methoxy groups -OCH3 is 1. The molecule has 1 saturated heterocycles. The number of morpholine rings is 1. The van der Waals surface area contributed by atoms with Gasteiger partial charge >= 0.3 is 0 Å². The minimum absolute atomic E-state index is 0. The zero-order valence-corrected chi connectivity index (χ0v) is 21.1. The number of furan rings is 1. The molecule has 1 saturated carbocycles. The number of rotatable bonds is 10. The fourth-order valence-electron chi connectivity index (χ4n) is 4.20. The van der Waals surface area contributed by atoms with E-state index >= 15 is 0 Å². The van der Waals surface area contributed by atoms with Crippen LogP contribution in [-0.2, 0) is 9.47 Å². The second-order valence-electron chi connectivity index (χ2n) is 8.28. The summed E-state index contributed by atoms with van der Waals surface area (Å²) in [5.74, 6) is 2.84. The summed E-state index contributed by atoms with van der Waals surface area (Å²) in [6.45, 7) is 10.7. The van der Waals surface area contributed by atoms with Gasteiger partial charge in [0.1, 0.15) is 11.5 Å². The zero-order valence-electron chi connectivity index (χ0n) is 18.7. The number of hydrogen-bond donors (Lipinski definition) is 2. The van der Waals surface area contributed by atoms with Crippen LogP contribution in [0.25, 0.3) is 0 Å². The molecule has 1 aliphatic carbocycles. The number of aryl methyl sites for hydroxylation is 1. The van der Waals surface area contributed by atoms with E-state index < -0.39 is 0 Å². The van der Waals surface area contributed by atoms with Crippen molar-refractivity contribution in [2.24, 2.45) is 10.4 Å². The second-order valence-corrected chi connectivity index (χ2v) is 8.28. The lowest BCUT2D eigenvalue weighted by atomic mass is 9.67. The molecule has 1 aliphatic heterocycles. The van der Waals surface area contributed by atoms with Crippen molar-refractivity contribution in [2.45, 2.75) is 45.6 Å². The number of halogens is 1. The molecule has 7 nitrogen and oxygen atoms in total. The minimum Gasteiger partial charge on any atom is -0.465 e. The van der Waals surface area contributed by atoms with Gasteiger partial charge in [-0.2, -0.15) is 0 Å². The van der Waals surface area contributed by atoms with Crippen molar-refractivity contribution in [1.29, 1.82) is 0 Å². The van der Waals surface area contributed by atoms with Crippen molar-refractivity contribution in [3.05, 3.63) is 23.7 Å². The summed E-state index contributed by atoms with van der Waals surface area (Å²) in [7, 11) is 1.78. The topological polar surface area (TPSA) is 71.3 Å². The van der Waals surface area contributed by atoms with Gasteiger partial charge in [0.25, 0.3) is 0 Å². The first kappa shape index (κ1) is 25.4. The number of aliphatic imine (C=N–C) groups is 1. The molecule has 1 atom stereocenters. The highest BCUT2D eigenvalue weighted by atomic mass is 127. The summed E-state index contributed by atoms with van der Waals surface area (Å²) >= 11 is 0. The van der Waals surface area contributed by atoms with E-state index in [-0.39, 0.29) is 30.0 Å². The Balaban J connectivity index is 0.00000320. The third-order valence-corrected chi connectivity index (χ3v) is 6.21. The number of ether oxygens (including phenoxy) is 2. The van der Waals surface area contributed by atoms with Crippen molar-refractivity contribution in [3.63, 3.8) is 0 Å². The highest BCUT2D eigenvalue weighted by Crippen LogP contribution is 2.44. The summed E-state index contributed by atoms with van der Waals surface area (Å²) < 4.78 is 16.8. The Morgan fingerprint density at radius 1 is 1.27 bits per heavy atom. The van der Waals surface area contributed by atoms with Crippen LogP contribution in [0.2, 0.25) is 0 Å². The van der Waals surface area contributed by atoms with Crippen LogP contribution in [0.4, 0.5) is 0 Å². The van der Waals surface area contributed by atoms with Gasteiger partial charge in [-0.15, -0.1) is 24.0 Å². The van der Waals surface area contributed by atoms with E-state index in [4.69, 9.17) is 18.9 Å². The van der Waals surface area contributed by atoms with E-state index in [2.05, 4.69) is 28.5 Å². The van der Waals surface area contributed by atoms with E-state index in [0.717, 1.165) is 76.4 Å². The predicted octanol–water partition coefficient (Wildman–Crippen LogP) is 3.34. The summed E-state index contributed by atoms with van der Waals surface area (Å²) in [4.78, 5) is 7.38. The molecule has 30 heavy (non-hydrogen) atoms. The predicted molar refractivity (Wildman–Crippen MR) is 131 cm³/mol. The van der Waals surface area contributed by atoms with Crippen LogP contribution in [0.1, 0.15) is 50.2 Å². The Bertz CT molecular complexity index is 642. The first-order valence-electron chi connectivity index (χ1n) is 11.0. The van der Waals surface area contributed by atoms with Crippen LogP contribution in [0.5, 0.6) is 0 Å². The van der Waals surface area contributed by atoms with Crippen molar-refractivity contribution >= 4 is 29.9 Å². The molecule has 0 aromatic carbocycles. The highest BCUT2D eigenvalue weighted by Gasteiger charge is 2.36. The van der Waals surface area contributed by atoms with E-state index in [9.17, 15) is 0 Å². The summed E-state index contributed by atoms with van der Waals surface area (Å²) in [6.07, 6.45) is 4.90. The van der Waals surface area contributed by atoms with Gasteiger partial charge in [0.05, 0.1) is 19.3 Å². The van der Waals surface area contributed by atoms with Crippen molar-refractivity contribution in [1.82, 2.24) is 15.5 Å². The number of nitrogens with zero attached hydrogens (tertiary/aromatic N) is 2. The fraction of sp³-hybridized carbons (Fsp3) is 0.773. The molecule has 2 N–H and O–H groups in total. The average molecular weight is 534 g/mol. The molecule has 1 aromatic heterocycles. The highest BCUT2D eigenvalue weighted by molar-refractivity contribution is 14.0. The molecule has 172 valence electrons. The molecular weight excluding hydrogens is 495 g/mol. The van der Waals surface area contributed by atoms with Crippen molar-refractivity contribution in [3.8, 4) is 0 Å².